The Morgan fingerprint density at radius 3 is 2.67 bits per heavy atom. The van der Waals surface area contributed by atoms with Gasteiger partial charge in [0.2, 0.25) is 0 Å². The van der Waals surface area contributed by atoms with Gasteiger partial charge in [-0.15, -0.1) is 0 Å². The Hall–Kier alpha value is -1.16. The minimum atomic E-state index is -0.127. The monoisotopic (exact) mass is 306 g/mol. The summed E-state index contributed by atoms with van der Waals surface area (Å²) in [7, 11) is 0. The van der Waals surface area contributed by atoms with Crippen LogP contribution in [-0.2, 0) is 0 Å². The zero-order chi connectivity index (χ0) is 12.5. The van der Waals surface area contributed by atoms with E-state index in [1.165, 1.54) is 25.0 Å². The van der Waals surface area contributed by atoms with Crippen LogP contribution in [0.25, 0.3) is 0 Å². The molecule has 1 aromatic carbocycles. The summed E-state index contributed by atoms with van der Waals surface area (Å²) in [6.45, 7) is 0. The van der Waals surface area contributed by atoms with Crippen molar-refractivity contribution >= 4 is 27.5 Å². The van der Waals surface area contributed by atoms with Crippen LogP contribution in [0.4, 0.5) is 0 Å². The Morgan fingerprint density at radius 2 is 2.06 bits per heavy atom. The van der Waals surface area contributed by atoms with E-state index in [9.17, 15) is 4.79 Å². The first-order valence-electron chi connectivity index (χ1n) is 6.35. The molecule has 1 amide bonds. The average molecular weight is 307 g/mol. The van der Waals surface area contributed by atoms with Crippen LogP contribution in [0.15, 0.2) is 33.8 Å². The molecule has 2 unspecified atom stereocenters. The molecule has 0 aliphatic heterocycles. The van der Waals surface area contributed by atoms with Gasteiger partial charge in [0.1, 0.15) is 0 Å². The minimum Gasteiger partial charge on any atom is -0.267 e. The van der Waals surface area contributed by atoms with Crippen molar-refractivity contribution in [1.82, 2.24) is 5.43 Å². The van der Waals surface area contributed by atoms with Gasteiger partial charge < -0.3 is 0 Å². The molecule has 1 N–H and O–H groups in total. The fourth-order valence-electron chi connectivity index (χ4n) is 2.95. The Labute approximate surface area is 115 Å². The van der Waals surface area contributed by atoms with E-state index in [0.717, 1.165) is 16.8 Å². The highest BCUT2D eigenvalue weighted by Gasteiger charge is 2.36. The number of hydrogen-bond acceptors (Lipinski definition) is 2. The SMILES string of the molecule is O=C(NN=C1CC2CCC1C2)c1ccc(Br)cc1. The molecule has 0 aromatic heterocycles. The lowest BCUT2D eigenvalue weighted by Crippen LogP contribution is -2.21. The number of hydrogen-bond donors (Lipinski definition) is 1. The largest absolute Gasteiger partial charge is 0.271 e. The lowest BCUT2D eigenvalue weighted by molar-refractivity contribution is 0.0954. The number of benzene rings is 1. The maximum absolute atomic E-state index is 11.9. The number of halogens is 1. The second-order valence-electron chi connectivity index (χ2n) is 5.13. The van der Waals surface area contributed by atoms with Gasteiger partial charge in [-0.3, -0.25) is 4.79 Å². The highest BCUT2D eigenvalue weighted by molar-refractivity contribution is 9.10. The Kier molecular flexibility index (Phi) is 3.20. The molecule has 94 valence electrons. The van der Waals surface area contributed by atoms with E-state index < -0.39 is 0 Å². The molecule has 0 heterocycles. The van der Waals surface area contributed by atoms with Crippen LogP contribution in [0.5, 0.6) is 0 Å². The van der Waals surface area contributed by atoms with E-state index in [-0.39, 0.29) is 5.91 Å². The second-order valence-corrected chi connectivity index (χ2v) is 6.05. The molecule has 2 fully saturated rings. The summed E-state index contributed by atoms with van der Waals surface area (Å²) >= 11 is 3.35. The van der Waals surface area contributed by atoms with Crippen molar-refractivity contribution in [2.75, 3.05) is 0 Å². The van der Waals surface area contributed by atoms with Crippen molar-refractivity contribution in [3.8, 4) is 0 Å². The summed E-state index contributed by atoms with van der Waals surface area (Å²) in [5.41, 5.74) is 4.51. The fraction of sp³-hybridized carbons (Fsp3) is 0.429. The molecule has 3 nitrogen and oxygen atoms in total. The lowest BCUT2D eigenvalue weighted by atomic mass is 9.99. The number of carbonyl (C=O) groups excluding carboxylic acids is 1. The minimum absolute atomic E-state index is 0.127. The molecule has 1 aromatic rings. The maximum Gasteiger partial charge on any atom is 0.271 e. The summed E-state index contributed by atoms with van der Waals surface area (Å²) in [4.78, 5) is 11.9. The van der Waals surface area contributed by atoms with Gasteiger partial charge in [0.15, 0.2) is 0 Å². The van der Waals surface area contributed by atoms with Crippen LogP contribution >= 0.6 is 15.9 Å². The predicted molar refractivity (Wildman–Crippen MR) is 74.5 cm³/mol. The zero-order valence-electron chi connectivity index (χ0n) is 10.0. The van der Waals surface area contributed by atoms with Crippen molar-refractivity contribution in [3.63, 3.8) is 0 Å². The third-order valence-electron chi connectivity index (χ3n) is 3.92. The maximum atomic E-state index is 11.9. The normalized spacial score (nSPS) is 27.7. The molecule has 0 saturated heterocycles. The van der Waals surface area contributed by atoms with Crippen molar-refractivity contribution < 1.29 is 4.79 Å². The number of carbonyl (C=O) groups is 1. The van der Waals surface area contributed by atoms with E-state index in [0.29, 0.717) is 11.5 Å². The second kappa shape index (κ2) is 4.84. The van der Waals surface area contributed by atoms with Crippen LogP contribution in [0.3, 0.4) is 0 Å². The smallest absolute Gasteiger partial charge is 0.267 e. The fourth-order valence-corrected chi connectivity index (χ4v) is 3.22. The Morgan fingerprint density at radius 1 is 1.28 bits per heavy atom. The predicted octanol–water partition coefficient (Wildman–Crippen LogP) is 3.35. The molecular formula is C14H15BrN2O. The van der Waals surface area contributed by atoms with Crippen molar-refractivity contribution in [3.05, 3.63) is 34.3 Å². The van der Waals surface area contributed by atoms with E-state index in [1.807, 2.05) is 12.1 Å². The van der Waals surface area contributed by atoms with Gasteiger partial charge in [0.05, 0.1) is 0 Å². The van der Waals surface area contributed by atoms with Gasteiger partial charge in [-0.1, -0.05) is 15.9 Å². The van der Waals surface area contributed by atoms with Crippen molar-refractivity contribution in [2.45, 2.75) is 25.7 Å². The summed E-state index contributed by atoms with van der Waals surface area (Å²) in [6, 6.07) is 7.31. The summed E-state index contributed by atoms with van der Waals surface area (Å²) < 4.78 is 0.971. The number of nitrogens with one attached hydrogen (secondary N) is 1. The Balaban J connectivity index is 1.65. The molecule has 2 aliphatic rings. The van der Waals surface area contributed by atoms with E-state index >= 15 is 0 Å². The van der Waals surface area contributed by atoms with E-state index in [4.69, 9.17) is 0 Å². The first-order chi connectivity index (χ1) is 8.72. The van der Waals surface area contributed by atoms with E-state index in [1.54, 1.807) is 12.1 Å². The molecule has 3 rings (SSSR count). The number of hydrazone groups is 1. The Bertz CT molecular complexity index is 495. The zero-order valence-corrected chi connectivity index (χ0v) is 11.6. The molecule has 2 bridgehead atoms. The molecule has 2 aliphatic carbocycles. The molecule has 4 heteroatoms. The van der Waals surface area contributed by atoms with Gasteiger partial charge in [-0.2, -0.15) is 5.10 Å². The van der Waals surface area contributed by atoms with E-state index in [2.05, 4.69) is 26.5 Å². The average Bonchev–Trinajstić information content (AvgIpc) is 2.99. The highest BCUT2D eigenvalue weighted by atomic mass is 79.9. The summed E-state index contributed by atoms with van der Waals surface area (Å²) in [5, 5.41) is 4.31. The van der Waals surface area contributed by atoms with Gasteiger partial charge in [0.25, 0.3) is 5.91 Å². The number of nitrogens with zero attached hydrogens (tertiary/aromatic N) is 1. The van der Waals surface area contributed by atoms with Crippen LogP contribution in [0, 0.1) is 11.8 Å². The van der Waals surface area contributed by atoms with Crippen molar-refractivity contribution in [2.24, 2.45) is 16.9 Å². The number of fused-ring (bicyclic) bond motifs is 2. The van der Waals surface area contributed by atoms with Crippen LogP contribution < -0.4 is 5.43 Å². The standard InChI is InChI=1S/C14H15BrN2O/c15-12-5-3-10(4-6-12)14(18)17-16-13-8-9-1-2-11(13)7-9/h3-6,9,11H,1-2,7-8H2,(H,17,18). The van der Waals surface area contributed by atoms with Gasteiger partial charge >= 0.3 is 0 Å². The quantitative estimate of drug-likeness (QED) is 0.836. The number of rotatable bonds is 2. The highest BCUT2D eigenvalue weighted by Crippen LogP contribution is 2.42. The van der Waals surface area contributed by atoms with Gasteiger partial charge in [-0.25, -0.2) is 5.43 Å². The van der Waals surface area contributed by atoms with Gasteiger partial charge in [0, 0.05) is 15.7 Å². The molecule has 2 atom stereocenters. The number of amides is 1. The van der Waals surface area contributed by atoms with Crippen LogP contribution in [0.1, 0.15) is 36.0 Å². The first kappa shape index (κ1) is 11.9. The van der Waals surface area contributed by atoms with Gasteiger partial charge in [-0.05, 0) is 61.8 Å². The van der Waals surface area contributed by atoms with Crippen molar-refractivity contribution in [1.29, 1.82) is 0 Å². The third kappa shape index (κ3) is 2.34. The topological polar surface area (TPSA) is 41.5 Å². The summed E-state index contributed by atoms with van der Waals surface area (Å²) in [5.74, 6) is 1.32. The van der Waals surface area contributed by atoms with Crippen LogP contribution in [-0.4, -0.2) is 11.6 Å². The summed E-state index contributed by atoms with van der Waals surface area (Å²) in [6.07, 6.45) is 4.93. The molecule has 2 saturated carbocycles. The molecule has 18 heavy (non-hydrogen) atoms. The molecule has 0 spiro atoms. The van der Waals surface area contributed by atoms with Crippen LogP contribution in [0.2, 0.25) is 0 Å². The first-order valence-corrected chi connectivity index (χ1v) is 7.14. The molecular weight excluding hydrogens is 292 g/mol. The lowest BCUT2D eigenvalue weighted by Gasteiger charge is -2.11. The third-order valence-corrected chi connectivity index (χ3v) is 4.45. The molecule has 0 radical (unpaired) electrons.